The molecule has 2 heterocycles. The molecule has 144 valence electrons. The highest BCUT2D eigenvalue weighted by molar-refractivity contribution is 5.75. The normalized spacial score (nSPS) is 16.1. The average Bonchev–Trinajstić information content (AvgIpc) is 3.20. The van der Waals surface area contributed by atoms with Gasteiger partial charge in [-0.3, -0.25) is 4.79 Å². The number of ether oxygens (including phenoxy) is 2. The lowest BCUT2D eigenvalue weighted by atomic mass is 10.0. The Hall–Kier alpha value is -2.60. The van der Waals surface area contributed by atoms with Gasteiger partial charge >= 0.3 is 0 Å². The van der Waals surface area contributed by atoms with Crippen LogP contribution in [0.25, 0.3) is 0 Å². The fourth-order valence-corrected chi connectivity index (χ4v) is 3.09. The minimum atomic E-state index is 0.0905. The van der Waals surface area contributed by atoms with E-state index >= 15 is 0 Å². The van der Waals surface area contributed by atoms with E-state index in [2.05, 4.69) is 15.6 Å². The Balaban J connectivity index is 1.47. The maximum atomic E-state index is 12.0. The first-order valence-electron chi connectivity index (χ1n) is 9.56. The third kappa shape index (κ3) is 6.25. The van der Waals surface area contributed by atoms with Gasteiger partial charge in [0.25, 0.3) is 0 Å². The predicted octanol–water partition coefficient (Wildman–Crippen LogP) is 3.28. The van der Waals surface area contributed by atoms with Gasteiger partial charge in [-0.1, -0.05) is 0 Å². The van der Waals surface area contributed by atoms with E-state index in [1.807, 2.05) is 43.3 Å². The van der Waals surface area contributed by atoms with Crippen LogP contribution in [0.2, 0.25) is 0 Å². The van der Waals surface area contributed by atoms with Crippen LogP contribution in [-0.4, -0.2) is 30.6 Å². The van der Waals surface area contributed by atoms with Crippen LogP contribution in [0.15, 0.2) is 42.6 Å². The van der Waals surface area contributed by atoms with Crippen molar-refractivity contribution in [1.29, 1.82) is 0 Å². The number of aromatic nitrogens is 1. The first-order valence-corrected chi connectivity index (χ1v) is 9.56. The van der Waals surface area contributed by atoms with Crippen LogP contribution >= 0.6 is 0 Å². The first kappa shape index (κ1) is 19.2. The number of nitrogens with one attached hydrogen (secondary N) is 2. The predicted molar refractivity (Wildman–Crippen MR) is 104 cm³/mol. The molecular formula is C21H27N3O3. The summed E-state index contributed by atoms with van der Waals surface area (Å²) in [5, 5.41) is 6.31. The maximum Gasteiger partial charge on any atom is 0.220 e. The second-order valence-electron chi connectivity index (χ2n) is 6.68. The summed E-state index contributed by atoms with van der Waals surface area (Å²) in [6.07, 6.45) is 4.38. The van der Waals surface area contributed by atoms with E-state index in [0.29, 0.717) is 37.1 Å². The third-order valence-corrected chi connectivity index (χ3v) is 4.59. The smallest absolute Gasteiger partial charge is 0.220 e. The van der Waals surface area contributed by atoms with Gasteiger partial charge in [-0.2, -0.15) is 0 Å². The first-order chi connectivity index (χ1) is 13.2. The number of hydrogen-bond acceptors (Lipinski definition) is 5. The molecule has 1 amide bonds. The van der Waals surface area contributed by atoms with E-state index in [9.17, 15) is 4.79 Å². The van der Waals surface area contributed by atoms with Crippen molar-refractivity contribution < 1.29 is 14.3 Å². The van der Waals surface area contributed by atoms with Gasteiger partial charge in [0.2, 0.25) is 11.8 Å². The second kappa shape index (κ2) is 9.92. The van der Waals surface area contributed by atoms with E-state index in [0.717, 1.165) is 30.8 Å². The van der Waals surface area contributed by atoms with Crippen LogP contribution in [-0.2, 0) is 11.3 Å². The van der Waals surface area contributed by atoms with Gasteiger partial charge in [0, 0.05) is 25.2 Å². The topological polar surface area (TPSA) is 72.5 Å². The number of carbonyl (C=O) groups is 1. The summed E-state index contributed by atoms with van der Waals surface area (Å²) in [7, 11) is 0. The van der Waals surface area contributed by atoms with Gasteiger partial charge in [-0.15, -0.1) is 0 Å². The highest BCUT2D eigenvalue weighted by Crippen LogP contribution is 2.23. The summed E-state index contributed by atoms with van der Waals surface area (Å²) in [6, 6.07) is 11.1. The largest absolute Gasteiger partial charge is 0.494 e. The third-order valence-electron chi connectivity index (χ3n) is 4.59. The van der Waals surface area contributed by atoms with Crippen molar-refractivity contribution in [2.45, 2.75) is 32.7 Å². The molecule has 1 aliphatic rings. The molecule has 1 atom stereocenters. The van der Waals surface area contributed by atoms with Crippen LogP contribution in [0.1, 0.15) is 31.7 Å². The van der Waals surface area contributed by atoms with E-state index < -0.39 is 0 Å². The molecule has 0 radical (unpaired) electrons. The Labute approximate surface area is 160 Å². The second-order valence-corrected chi connectivity index (χ2v) is 6.68. The summed E-state index contributed by atoms with van der Waals surface area (Å²) in [5.41, 5.74) is 0.960. The molecule has 1 aromatic carbocycles. The molecule has 0 bridgehead atoms. The molecule has 3 rings (SSSR count). The summed E-state index contributed by atoms with van der Waals surface area (Å²) < 4.78 is 11.2. The summed E-state index contributed by atoms with van der Waals surface area (Å²) in [4.78, 5) is 16.3. The average molecular weight is 369 g/mol. The molecule has 1 aromatic heterocycles. The standard InChI is InChI=1S/C21H27N3O3/c1-2-26-18-4-6-19(7-5-18)27-21-13-17(10-12-23-21)15-24-20(25)8-3-16-9-11-22-14-16/h4-7,10,12-13,16,22H,2-3,8-9,11,14-15H2,1H3,(H,24,25). The Morgan fingerprint density at radius 1 is 1.26 bits per heavy atom. The fraction of sp³-hybridized carbons (Fsp3) is 0.429. The van der Waals surface area contributed by atoms with Crippen LogP contribution in [0.3, 0.4) is 0 Å². The van der Waals surface area contributed by atoms with Gasteiger partial charge in [0.05, 0.1) is 6.61 Å². The molecule has 1 aliphatic heterocycles. The zero-order valence-electron chi connectivity index (χ0n) is 15.7. The number of benzene rings is 1. The number of carbonyl (C=O) groups excluding carboxylic acids is 1. The lowest BCUT2D eigenvalue weighted by Crippen LogP contribution is -2.23. The number of pyridine rings is 1. The molecule has 27 heavy (non-hydrogen) atoms. The van der Waals surface area contributed by atoms with Gasteiger partial charge < -0.3 is 20.1 Å². The van der Waals surface area contributed by atoms with Crippen molar-refractivity contribution in [2.75, 3.05) is 19.7 Å². The molecule has 6 heteroatoms. The molecule has 1 saturated heterocycles. The van der Waals surface area contributed by atoms with Gasteiger partial charge in [0.1, 0.15) is 11.5 Å². The summed E-state index contributed by atoms with van der Waals surface area (Å²) >= 11 is 0. The van der Waals surface area contributed by atoms with Crippen LogP contribution < -0.4 is 20.1 Å². The van der Waals surface area contributed by atoms with Crippen molar-refractivity contribution in [3.63, 3.8) is 0 Å². The summed E-state index contributed by atoms with van der Waals surface area (Å²) in [5.74, 6) is 2.72. The number of rotatable bonds is 9. The fourth-order valence-electron chi connectivity index (χ4n) is 3.09. The number of nitrogens with zero attached hydrogens (tertiary/aromatic N) is 1. The van der Waals surface area contributed by atoms with Gasteiger partial charge in [0.15, 0.2) is 0 Å². The Kier molecular flexibility index (Phi) is 7.04. The Morgan fingerprint density at radius 3 is 2.81 bits per heavy atom. The molecule has 1 fully saturated rings. The molecular weight excluding hydrogens is 342 g/mol. The minimum Gasteiger partial charge on any atom is -0.494 e. The number of hydrogen-bond donors (Lipinski definition) is 2. The number of amides is 1. The molecule has 0 saturated carbocycles. The SMILES string of the molecule is CCOc1ccc(Oc2cc(CNC(=O)CCC3CCNC3)ccn2)cc1. The van der Waals surface area contributed by atoms with Gasteiger partial charge in [-0.05, 0) is 74.7 Å². The van der Waals surface area contributed by atoms with E-state index in [-0.39, 0.29) is 5.91 Å². The highest BCUT2D eigenvalue weighted by Gasteiger charge is 2.15. The Bertz CT molecular complexity index is 728. The van der Waals surface area contributed by atoms with Crippen molar-refractivity contribution in [3.05, 3.63) is 48.2 Å². The van der Waals surface area contributed by atoms with Crippen LogP contribution in [0, 0.1) is 5.92 Å². The van der Waals surface area contributed by atoms with Crippen molar-refractivity contribution in [3.8, 4) is 17.4 Å². The maximum absolute atomic E-state index is 12.0. The van der Waals surface area contributed by atoms with Crippen molar-refractivity contribution >= 4 is 5.91 Å². The summed E-state index contributed by atoms with van der Waals surface area (Å²) in [6.45, 7) is 5.16. The van der Waals surface area contributed by atoms with Crippen LogP contribution in [0.4, 0.5) is 0 Å². The molecule has 0 spiro atoms. The van der Waals surface area contributed by atoms with E-state index in [1.54, 1.807) is 6.20 Å². The lowest BCUT2D eigenvalue weighted by Gasteiger charge is -2.10. The highest BCUT2D eigenvalue weighted by atomic mass is 16.5. The van der Waals surface area contributed by atoms with E-state index in [4.69, 9.17) is 9.47 Å². The molecule has 2 aromatic rings. The monoisotopic (exact) mass is 369 g/mol. The van der Waals surface area contributed by atoms with Crippen molar-refractivity contribution in [1.82, 2.24) is 15.6 Å². The lowest BCUT2D eigenvalue weighted by molar-refractivity contribution is -0.121. The van der Waals surface area contributed by atoms with Crippen molar-refractivity contribution in [2.24, 2.45) is 5.92 Å². The molecule has 6 nitrogen and oxygen atoms in total. The molecule has 1 unspecified atom stereocenters. The quantitative estimate of drug-likeness (QED) is 0.710. The zero-order chi connectivity index (χ0) is 18.9. The van der Waals surface area contributed by atoms with E-state index in [1.165, 1.54) is 6.42 Å². The molecule has 0 aliphatic carbocycles. The molecule has 2 N–H and O–H groups in total. The minimum absolute atomic E-state index is 0.0905. The Morgan fingerprint density at radius 2 is 2.07 bits per heavy atom. The van der Waals surface area contributed by atoms with Crippen LogP contribution in [0.5, 0.6) is 17.4 Å². The zero-order valence-corrected chi connectivity index (χ0v) is 15.7. The van der Waals surface area contributed by atoms with Gasteiger partial charge in [-0.25, -0.2) is 4.98 Å².